The molecule has 80 valence electrons. The summed E-state index contributed by atoms with van der Waals surface area (Å²) < 4.78 is 1.59. The van der Waals surface area contributed by atoms with Gasteiger partial charge in [-0.2, -0.15) is 4.98 Å². The second-order valence-corrected chi connectivity index (χ2v) is 3.75. The molecule has 1 atom stereocenters. The maximum Gasteiger partial charge on any atom is 0.243 e. The van der Waals surface area contributed by atoms with E-state index in [4.69, 9.17) is 16.7 Å². The van der Waals surface area contributed by atoms with Gasteiger partial charge in [-0.05, 0) is 19.1 Å². The fraction of sp³-hybridized carbons (Fsp3) is 0.333. The zero-order chi connectivity index (χ0) is 10.8. The van der Waals surface area contributed by atoms with Crippen LogP contribution >= 0.6 is 11.6 Å². The van der Waals surface area contributed by atoms with Crippen LogP contribution in [0.3, 0.4) is 0 Å². The molecule has 0 saturated heterocycles. The van der Waals surface area contributed by atoms with Crippen LogP contribution in [0, 0.1) is 0 Å². The second-order valence-electron chi connectivity index (χ2n) is 3.32. The van der Waals surface area contributed by atoms with E-state index in [0.29, 0.717) is 23.2 Å². The van der Waals surface area contributed by atoms with Crippen LogP contribution in [0.25, 0.3) is 5.65 Å². The Morgan fingerprint density at radius 1 is 1.60 bits per heavy atom. The Labute approximate surface area is 91.7 Å². The van der Waals surface area contributed by atoms with E-state index >= 15 is 0 Å². The van der Waals surface area contributed by atoms with Crippen molar-refractivity contribution in [3.63, 3.8) is 0 Å². The average molecular weight is 227 g/mol. The predicted molar refractivity (Wildman–Crippen MR) is 58.2 cm³/mol. The molecule has 0 amide bonds. The molecule has 0 fully saturated rings. The highest BCUT2D eigenvalue weighted by atomic mass is 35.5. The molecule has 0 radical (unpaired) electrons. The Kier molecular flexibility index (Phi) is 2.75. The number of fused-ring (bicyclic) bond motifs is 1. The highest BCUT2D eigenvalue weighted by Gasteiger charge is 2.03. The SMILES string of the molecule is CC(O)CNc1nc2ccc(Cl)cn2n1. The molecule has 2 aromatic rings. The van der Waals surface area contributed by atoms with Crippen molar-refractivity contribution in [2.75, 3.05) is 11.9 Å². The van der Waals surface area contributed by atoms with Gasteiger partial charge in [-0.1, -0.05) is 11.6 Å². The van der Waals surface area contributed by atoms with Crippen LogP contribution in [0.4, 0.5) is 5.95 Å². The summed E-state index contributed by atoms with van der Waals surface area (Å²) in [6.07, 6.45) is 1.25. The Morgan fingerprint density at radius 2 is 2.40 bits per heavy atom. The number of anilines is 1. The molecule has 6 heteroatoms. The number of aromatic nitrogens is 3. The van der Waals surface area contributed by atoms with E-state index in [1.54, 1.807) is 29.8 Å². The van der Waals surface area contributed by atoms with Gasteiger partial charge in [-0.15, -0.1) is 5.10 Å². The number of aliphatic hydroxyl groups excluding tert-OH is 1. The highest BCUT2D eigenvalue weighted by molar-refractivity contribution is 6.30. The number of nitrogens with one attached hydrogen (secondary N) is 1. The molecule has 1 unspecified atom stereocenters. The summed E-state index contributed by atoms with van der Waals surface area (Å²) in [5.41, 5.74) is 0.715. The summed E-state index contributed by atoms with van der Waals surface area (Å²) in [5, 5.41) is 16.8. The number of rotatable bonds is 3. The molecule has 2 heterocycles. The van der Waals surface area contributed by atoms with Gasteiger partial charge >= 0.3 is 0 Å². The maximum atomic E-state index is 9.09. The molecule has 0 saturated carbocycles. The summed E-state index contributed by atoms with van der Waals surface area (Å²) in [7, 11) is 0. The van der Waals surface area contributed by atoms with Crippen molar-refractivity contribution in [2.24, 2.45) is 0 Å². The molecular formula is C9H11ClN4O. The summed E-state index contributed by atoms with van der Waals surface area (Å²) in [5.74, 6) is 0.484. The van der Waals surface area contributed by atoms with Crippen molar-refractivity contribution in [2.45, 2.75) is 13.0 Å². The lowest BCUT2D eigenvalue weighted by Crippen LogP contribution is -2.16. The number of pyridine rings is 1. The van der Waals surface area contributed by atoms with Crippen molar-refractivity contribution in [1.82, 2.24) is 14.6 Å². The van der Waals surface area contributed by atoms with Gasteiger partial charge in [0.15, 0.2) is 5.65 Å². The molecule has 2 rings (SSSR count). The normalized spacial score (nSPS) is 13.0. The van der Waals surface area contributed by atoms with Crippen LogP contribution in [-0.4, -0.2) is 32.4 Å². The lowest BCUT2D eigenvalue weighted by Gasteiger charge is -2.02. The number of hydrogen-bond donors (Lipinski definition) is 2. The van der Waals surface area contributed by atoms with E-state index in [2.05, 4.69) is 15.4 Å². The van der Waals surface area contributed by atoms with E-state index in [1.165, 1.54) is 0 Å². The molecule has 2 N–H and O–H groups in total. The number of halogens is 1. The minimum atomic E-state index is -0.430. The zero-order valence-corrected chi connectivity index (χ0v) is 8.94. The Morgan fingerprint density at radius 3 is 3.13 bits per heavy atom. The molecule has 0 aliphatic rings. The van der Waals surface area contributed by atoms with Crippen LogP contribution in [0.2, 0.25) is 5.02 Å². The van der Waals surface area contributed by atoms with Crippen LogP contribution in [0.5, 0.6) is 0 Å². The monoisotopic (exact) mass is 226 g/mol. The smallest absolute Gasteiger partial charge is 0.243 e. The summed E-state index contributed by atoms with van der Waals surface area (Å²) in [6, 6.07) is 3.53. The molecule has 15 heavy (non-hydrogen) atoms. The van der Waals surface area contributed by atoms with Crippen molar-refractivity contribution in [1.29, 1.82) is 0 Å². The van der Waals surface area contributed by atoms with Gasteiger partial charge in [-0.25, -0.2) is 4.52 Å². The summed E-state index contributed by atoms with van der Waals surface area (Å²) in [6.45, 7) is 2.12. The molecule has 0 aliphatic heterocycles. The quantitative estimate of drug-likeness (QED) is 0.825. The Hall–Kier alpha value is -1.33. The van der Waals surface area contributed by atoms with Gasteiger partial charge in [0.1, 0.15) is 0 Å². The van der Waals surface area contributed by atoms with E-state index in [1.807, 2.05) is 0 Å². The van der Waals surface area contributed by atoms with Gasteiger partial charge in [0, 0.05) is 12.7 Å². The van der Waals surface area contributed by atoms with Gasteiger partial charge < -0.3 is 10.4 Å². The lowest BCUT2D eigenvalue weighted by atomic mass is 10.4. The molecule has 0 aromatic carbocycles. The van der Waals surface area contributed by atoms with Crippen LogP contribution in [0.15, 0.2) is 18.3 Å². The van der Waals surface area contributed by atoms with E-state index in [-0.39, 0.29) is 0 Å². The van der Waals surface area contributed by atoms with E-state index in [0.717, 1.165) is 0 Å². The number of hydrogen-bond acceptors (Lipinski definition) is 4. The third-order valence-corrected chi connectivity index (χ3v) is 2.07. The third-order valence-electron chi connectivity index (χ3n) is 1.85. The van der Waals surface area contributed by atoms with E-state index < -0.39 is 6.10 Å². The standard InChI is InChI=1S/C9H11ClN4O/c1-6(15)4-11-9-12-8-3-2-7(10)5-14(8)13-9/h2-3,5-6,15H,4H2,1H3,(H,11,13). The molecule has 5 nitrogen and oxygen atoms in total. The first-order valence-corrected chi connectivity index (χ1v) is 4.97. The first-order valence-electron chi connectivity index (χ1n) is 4.59. The number of nitrogens with zero attached hydrogens (tertiary/aromatic N) is 3. The first-order chi connectivity index (χ1) is 7.15. The van der Waals surface area contributed by atoms with Gasteiger partial charge in [-0.3, -0.25) is 0 Å². The van der Waals surface area contributed by atoms with Gasteiger partial charge in [0.2, 0.25) is 5.95 Å². The second kappa shape index (κ2) is 4.04. The maximum absolute atomic E-state index is 9.09. The highest BCUT2D eigenvalue weighted by Crippen LogP contribution is 2.11. The third kappa shape index (κ3) is 2.37. The van der Waals surface area contributed by atoms with Crippen molar-refractivity contribution in [3.05, 3.63) is 23.4 Å². The van der Waals surface area contributed by atoms with Gasteiger partial charge in [0.25, 0.3) is 0 Å². The van der Waals surface area contributed by atoms with Crippen LogP contribution in [0.1, 0.15) is 6.92 Å². The molecule has 2 aromatic heterocycles. The topological polar surface area (TPSA) is 62.5 Å². The lowest BCUT2D eigenvalue weighted by molar-refractivity contribution is 0.208. The van der Waals surface area contributed by atoms with Crippen LogP contribution in [-0.2, 0) is 0 Å². The predicted octanol–water partition coefficient (Wildman–Crippen LogP) is 1.18. The minimum absolute atomic E-state index is 0.421. The first kappa shape index (κ1) is 10.2. The number of aliphatic hydroxyl groups is 1. The molecule has 0 bridgehead atoms. The Balaban J connectivity index is 2.23. The largest absolute Gasteiger partial charge is 0.392 e. The molecule has 0 aliphatic carbocycles. The Bertz CT molecular complexity index is 468. The van der Waals surface area contributed by atoms with Crippen LogP contribution < -0.4 is 5.32 Å². The van der Waals surface area contributed by atoms with E-state index in [9.17, 15) is 0 Å². The summed E-state index contributed by atoms with van der Waals surface area (Å²) >= 11 is 5.81. The zero-order valence-electron chi connectivity index (χ0n) is 8.18. The summed E-state index contributed by atoms with van der Waals surface area (Å²) in [4.78, 5) is 4.20. The van der Waals surface area contributed by atoms with Crippen molar-refractivity contribution in [3.8, 4) is 0 Å². The van der Waals surface area contributed by atoms with Gasteiger partial charge in [0.05, 0.1) is 11.1 Å². The fourth-order valence-corrected chi connectivity index (χ4v) is 1.33. The molecule has 0 spiro atoms. The fourth-order valence-electron chi connectivity index (χ4n) is 1.17. The van der Waals surface area contributed by atoms with Crippen molar-refractivity contribution >= 4 is 23.2 Å². The molecular weight excluding hydrogens is 216 g/mol. The van der Waals surface area contributed by atoms with Crippen molar-refractivity contribution < 1.29 is 5.11 Å². The minimum Gasteiger partial charge on any atom is -0.392 e. The average Bonchev–Trinajstić information content (AvgIpc) is 2.56.